The number of amides is 1. The second kappa shape index (κ2) is 9.59. The number of hydrogen-bond acceptors (Lipinski definition) is 5. The van der Waals surface area contributed by atoms with Crippen LogP contribution in [0.2, 0.25) is 0 Å². The Morgan fingerprint density at radius 3 is 2.30 bits per heavy atom. The summed E-state index contributed by atoms with van der Waals surface area (Å²) in [5.41, 5.74) is 4.13. The Morgan fingerprint density at radius 1 is 0.811 bits per heavy atom. The molecule has 0 fully saturated rings. The van der Waals surface area contributed by atoms with Crippen LogP contribution < -0.4 is 4.74 Å². The number of hydrogen-bond donors (Lipinski definition) is 0. The Balaban J connectivity index is 1.39. The molecule has 180 valence electrons. The second-order valence-electron chi connectivity index (χ2n) is 8.66. The number of pyridine rings is 1. The van der Waals surface area contributed by atoms with Crippen LogP contribution in [0.5, 0.6) is 11.5 Å². The summed E-state index contributed by atoms with van der Waals surface area (Å²) in [7, 11) is 0. The summed E-state index contributed by atoms with van der Waals surface area (Å²) in [6.07, 6.45) is -0.723. The van der Waals surface area contributed by atoms with Crippen molar-refractivity contribution in [1.82, 2.24) is 9.99 Å². The number of fused-ring (bicyclic) bond motifs is 1. The zero-order valence-corrected chi connectivity index (χ0v) is 20.1. The SMILES string of the molecule is CC(=O)N1N=C(c2cc(-c3ccccc3)nc3ccccc23)OC1c1cccc(Oc2ccccc2)c1. The van der Waals surface area contributed by atoms with Crippen molar-refractivity contribution in [3.8, 4) is 22.8 Å². The molecule has 0 radical (unpaired) electrons. The molecule has 4 aromatic carbocycles. The van der Waals surface area contributed by atoms with Crippen LogP contribution in [-0.2, 0) is 9.53 Å². The summed E-state index contributed by atoms with van der Waals surface area (Å²) in [5.74, 6) is 1.51. The normalized spacial score (nSPS) is 14.8. The maximum absolute atomic E-state index is 12.6. The van der Waals surface area contributed by atoms with E-state index in [1.54, 1.807) is 0 Å². The van der Waals surface area contributed by atoms with E-state index in [1.165, 1.54) is 11.9 Å². The first kappa shape index (κ1) is 22.5. The third kappa shape index (κ3) is 4.52. The first-order valence-corrected chi connectivity index (χ1v) is 12.0. The third-order valence-corrected chi connectivity index (χ3v) is 6.10. The van der Waals surface area contributed by atoms with Gasteiger partial charge in [0.2, 0.25) is 18.0 Å². The van der Waals surface area contributed by atoms with E-state index in [-0.39, 0.29) is 5.91 Å². The molecule has 6 nitrogen and oxygen atoms in total. The predicted molar refractivity (Wildman–Crippen MR) is 143 cm³/mol. The number of rotatable bonds is 5. The lowest BCUT2D eigenvalue weighted by Crippen LogP contribution is -2.25. The average molecular weight is 486 g/mol. The van der Waals surface area contributed by atoms with Crippen molar-refractivity contribution in [1.29, 1.82) is 0 Å². The van der Waals surface area contributed by atoms with Gasteiger partial charge in [0.1, 0.15) is 11.5 Å². The molecule has 0 aliphatic carbocycles. The number of carbonyl (C=O) groups excluding carboxylic acids is 1. The summed E-state index contributed by atoms with van der Waals surface area (Å²) in [6.45, 7) is 1.48. The van der Waals surface area contributed by atoms with Gasteiger partial charge in [-0.3, -0.25) is 4.79 Å². The smallest absolute Gasteiger partial charge is 0.243 e. The summed E-state index contributed by atoms with van der Waals surface area (Å²) in [6, 6.07) is 36.8. The number of nitrogens with zero attached hydrogens (tertiary/aromatic N) is 3. The van der Waals surface area contributed by atoms with E-state index in [0.717, 1.165) is 39.0 Å². The Morgan fingerprint density at radius 2 is 1.51 bits per heavy atom. The van der Waals surface area contributed by atoms with Gasteiger partial charge in [0.15, 0.2) is 0 Å². The lowest BCUT2D eigenvalue weighted by molar-refractivity contribution is -0.135. The van der Waals surface area contributed by atoms with Crippen molar-refractivity contribution >= 4 is 22.7 Å². The molecule has 0 bridgehead atoms. The number of para-hydroxylation sites is 2. The van der Waals surface area contributed by atoms with Crippen molar-refractivity contribution in [3.05, 3.63) is 126 Å². The standard InChI is InChI=1S/C31H23N3O3/c1-21(35)34-31(23-13-10-16-25(19-23)36-24-14-6-3-7-15-24)37-30(33-34)27-20-29(22-11-4-2-5-12-22)32-28-18-9-8-17-26(27)28/h2-20,31H,1H3. The van der Waals surface area contributed by atoms with E-state index >= 15 is 0 Å². The highest BCUT2D eigenvalue weighted by atomic mass is 16.5. The summed E-state index contributed by atoms with van der Waals surface area (Å²) < 4.78 is 12.4. The van der Waals surface area contributed by atoms with Gasteiger partial charge in [0, 0.05) is 29.0 Å². The Labute approximate surface area is 214 Å². The number of aromatic nitrogens is 1. The van der Waals surface area contributed by atoms with E-state index in [1.807, 2.05) is 115 Å². The molecule has 1 amide bonds. The lowest BCUT2D eigenvalue weighted by atomic mass is 10.0. The largest absolute Gasteiger partial charge is 0.457 e. The molecular formula is C31H23N3O3. The minimum absolute atomic E-state index is 0.226. The molecule has 37 heavy (non-hydrogen) atoms. The molecule has 2 heterocycles. The molecule has 1 atom stereocenters. The minimum atomic E-state index is -0.723. The van der Waals surface area contributed by atoms with Gasteiger partial charge in [-0.15, -0.1) is 5.10 Å². The fourth-order valence-corrected chi connectivity index (χ4v) is 4.36. The van der Waals surface area contributed by atoms with E-state index in [0.29, 0.717) is 11.6 Å². The maximum Gasteiger partial charge on any atom is 0.243 e. The van der Waals surface area contributed by atoms with Gasteiger partial charge >= 0.3 is 0 Å². The molecule has 1 unspecified atom stereocenters. The van der Waals surface area contributed by atoms with Crippen LogP contribution in [0.25, 0.3) is 22.2 Å². The summed E-state index contributed by atoms with van der Waals surface area (Å²) in [4.78, 5) is 17.5. The molecule has 1 aliphatic rings. The molecule has 0 saturated heterocycles. The second-order valence-corrected chi connectivity index (χ2v) is 8.66. The highest BCUT2D eigenvalue weighted by molar-refractivity contribution is 6.08. The zero-order chi connectivity index (χ0) is 25.2. The average Bonchev–Trinajstić information content (AvgIpc) is 3.40. The minimum Gasteiger partial charge on any atom is -0.457 e. The van der Waals surface area contributed by atoms with E-state index in [2.05, 4.69) is 5.10 Å². The molecule has 0 N–H and O–H groups in total. The van der Waals surface area contributed by atoms with Crippen molar-refractivity contribution < 1.29 is 14.3 Å². The van der Waals surface area contributed by atoms with Crippen molar-refractivity contribution in [2.45, 2.75) is 13.2 Å². The highest BCUT2D eigenvalue weighted by Crippen LogP contribution is 2.35. The van der Waals surface area contributed by atoms with Crippen molar-refractivity contribution in [2.75, 3.05) is 0 Å². The van der Waals surface area contributed by atoms with Crippen LogP contribution in [0.3, 0.4) is 0 Å². The topological polar surface area (TPSA) is 64.0 Å². The number of benzene rings is 4. The Hall–Kier alpha value is -4.97. The van der Waals surface area contributed by atoms with Crippen LogP contribution in [0.15, 0.2) is 120 Å². The van der Waals surface area contributed by atoms with Crippen molar-refractivity contribution in [2.24, 2.45) is 5.10 Å². The fourth-order valence-electron chi connectivity index (χ4n) is 4.36. The number of carbonyl (C=O) groups is 1. The highest BCUT2D eigenvalue weighted by Gasteiger charge is 2.34. The molecule has 1 aromatic heterocycles. The Kier molecular flexibility index (Phi) is 5.83. The van der Waals surface area contributed by atoms with E-state index < -0.39 is 6.23 Å². The molecule has 0 spiro atoms. The van der Waals surface area contributed by atoms with E-state index in [4.69, 9.17) is 14.5 Å². The summed E-state index contributed by atoms with van der Waals surface area (Å²) in [5, 5.41) is 6.89. The molecule has 5 aromatic rings. The van der Waals surface area contributed by atoms with Crippen LogP contribution >= 0.6 is 0 Å². The van der Waals surface area contributed by atoms with Crippen LogP contribution in [0, 0.1) is 0 Å². The molecule has 6 rings (SSSR count). The molecule has 0 saturated carbocycles. The predicted octanol–water partition coefficient (Wildman–Crippen LogP) is 6.93. The quantitative estimate of drug-likeness (QED) is 0.271. The first-order valence-electron chi connectivity index (χ1n) is 12.0. The van der Waals surface area contributed by atoms with Crippen molar-refractivity contribution in [3.63, 3.8) is 0 Å². The maximum atomic E-state index is 12.6. The molecule has 6 heteroatoms. The number of hydrazone groups is 1. The van der Waals surface area contributed by atoms with Gasteiger partial charge in [0.25, 0.3) is 0 Å². The Bertz CT molecular complexity index is 1620. The number of ether oxygens (including phenoxy) is 2. The monoisotopic (exact) mass is 485 g/mol. The van der Waals surface area contributed by atoms with E-state index in [9.17, 15) is 4.79 Å². The lowest BCUT2D eigenvalue weighted by Gasteiger charge is -2.20. The van der Waals surface area contributed by atoms with Gasteiger partial charge in [-0.05, 0) is 36.4 Å². The van der Waals surface area contributed by atoms with Crippen LogP contribution in [0.4, 0.5) is 0 Å². The fraction of sp³-hybridized carbons (Fsp3) is 0.0645. The van der Waals surface area contributed by atoms with Gasteiger partial charge < -0.3 is 9.47 Å². The van der Waals surface area contributed by atoms with Crippen LogP contribution in [-0.4, -0.2) is 21.8 Å². The zero-order valence-electron chi connectivity index (χ0n) is 20.1. The summed E-state index contributed by atoms with van der Waals surface area (Å²) >= 11 is 0. The van der Waals surface area contributed by atoms with Crippen LogP contribution in [0.1, 0.15) is 24.3 Å². The van der Waals surface area contributed by atoms with Gasteiger partial charge in [-0.25, -0.2) is 4.98 Å². The molecular weight excluding hydrogens is 462 g/mol. The first-order chi connectivity index (χ1) is 18.2. The molecule has 1 aliphatic heterocycles. The van der Waals surface area contributed by atoms with Gasteiger partial charge in [0.05, 0.1) is 11.2 Å². The third-order valence-electron chi connectivity index (χ3n) is 6.10. The van der Waals surface area contributed by atoms with Gasteiger partial charge in [-0.1, -0.05) is 78.9 Å². The van der Waals surface area contributed by atoms with Gasteiger partial charge in [-0.2, -0.15) is 5.01 Å².